The minimum Gasteiger partial charge on any atom is -0.508 e. The Labute approximate surface area is 105 Å². The number of aromatic hydroxyl groups is 1. The molecule has 0 saturated heterocycles. The van der Waals surface area contributed by atoms with Crippen LogP contribution in [0.25, 0.3) is 10.9 Å². The van der Waals surface area contributed by atoms with Gasteiger partial charge in [0.25, 0.3) is 0 Å². The van der Waals surface area contributed by atoms with Crippen molar-refractivity contribution in [3.63, 3.8) is 0 Å². The fourth-order valence-electron chi connectivity index (χ4n) is 2.07. The van der Waals surface area contributed by atoms with Gasteiger partial charge in [-0.15, -0.1) is 0 Å². The van der Waals surface area contributed by atoms with Crippen molar-refractivity contribution in [3.8, 4) is 5.75 Å². The van der Waals surface area contributed by atoms with Crippen LogP contribution in [-0.4, -0.2) is 20.7 Å². The van der Waals surface area contributed by atoms with Crippen molar-refractivity contribution in [2.75, 3.05) is 0 Å². The van der Waals surface area contributed by atoms with Crippen LogP contribution in [0.2, 0.25) is 0 Å². The van der Waals surface area contributed by atoms with Crippen LogP contribution in [-0.2, 0) is 18.3 Å². The molecule has 0 fully saturated rings. The molecule has 1 aromatic carbocycles. The highest BCUT2D eigenvalue weighted by Crippen LogP contribution is 2.28. The van der Waals surface area contributed by atoms with E-state index in [1.807, 2.05) is 23.7 Å². The first-order valence-corrected chi connectivity index (χ1v) is 5.82. The third-order valence-corrected chi connectivity index (χ3v) is 3.33. The van der Waals surface area contributed by atoms with Gasteiger partial charge in [-0.3, -0.25) is 4.79 Å². The van der Waals surface area contributed by atoms with Gasteiger partial charge in [0.2, 0.25) is 0 Å². The van der Waals surface area contributed by atoms with E-state index in [-0.39, 0.29) is 5.75 Å². The number of rotatable bonds is 3. The molecule has 1 heterocycles. The number of carboxylic acids is 1. The highest BCUT2D eigenvalue weighted by atomic mass is 16.4. The molecule has 4 nitrogen and oxygen atoms in total. The molecule has 0 bridgehead atoms. The molecule has 4 heteroatoms. The summed E-state index contributed by atoms with van der Waals surface area (Å²) >= 11 is 0. The van der Waals surface area contributed by atoms with Gasteiger partial charge in [0.1, 0.15) is 5.75 Å². The van der Waals surface area contributed by atoms with Crippen LogP contribution in [0.4, 0.5) is 0 Å². The first kappa shape index (κ1) is 12.5. The largest absolute Gasteiger partial charge is 0.508 e. The van der Waals surface area contributed by atoms with Crippen molar-refractivity contribution >= 4 is 16.9 Å². The summed E-state index contributed by atoms with van der Waals surface area (Å²) < 4.78 is 1.93. The second-order valence-electron chi connectivity index (χ2n) is 5.30. The summed E-state index contributed by atoms with van der Waals surface area (Å²) in [6, 6.07) is 7.13. The molecular formula is C14H17NO3. The molecule has 0 atom stereocenters. The molecule has 96 valence electrons. The molecule has 0 radical (unpaired) electrons. The van der Waals surface area contributed by atoms with Crippen molar-refractivity contribution in [3.05, 3.63) is 30.0 Å². The molecule has 0 unspecified atom stereocenters. The predicted octanol–water partition coefficient (Wildman–Crippen LogP) is 2.54. The molecule has 2 rings (SSSR count). The van der Waals surface area contributed by atoms with Crippen molar-refractivity contribution in [2.24, 2.45) is 12.5 Å². The lowest BCUT2D eigenvalue weighted by atomic mass is 9.88. The monoisotopic (exact) mass is 247 g/mol. The average Bonchev–Trinajstić information content (AvgIpc) is 2.56. The highest BCUT2D eigenvalue weighted by molar-refractivity contribution is 5.83. The molecule has 0 aliphatic heterocycles. The standard InChI is InChI=1S/C14H17NO3/c1-14(2,13(17)18)8-10-6-9-4-5-11(16)7-12(9)15(10)3/h4-7,16H,8H2,1-3H3,(H,17,18). The van der Waals surface area contributed by atoms with Gasteiger partial charge in [0.05, 0.1) is 10.9 Å². The molecule has 0 amide bonds. The first-order valence-electron chi connectivity index (χ1n) is 5.82. The summed E-state index contributed by atoms with van der Waals surface area (Å²) in [7, 11) is 1.88. The molecule has 2 N–H and O–H groups in total. The fraction of sp³-hybridized carbons (Fsp3) is 0.357. The maximum Gasteiger partial charge on any atom is 0.309 e. The lowest BCUT2D eigenvalue weighted by Crippen LogP contribution is -2.27. The molecule has 0 saturated carbocycles. The average molecular weight is 247 g/mol. The van der Waals surface area contributed by atoms with E-state index in [1.54, 1.807) is 26.0 Å². The van der Waals surface area contributed by atoms with Gasteiger partial charge in [-0.05, 0) is 32.0 Å². The van der Waals surface area contributed by atoms with Crippen LogP contribution in [0, 0.1) is 5.41 Å². The first-order chi connectivity index (χ1) is 8.31. The Morgan fingerprint density at radius 1 is 1.33 bits per heavy atom. The summed E-state index contributed by atoms with van der Waals surface area (Å²) in [6.07, 6.45) is 0.453. The molecular weight excluding hydrogens is 230 g/mol. The number of benzene rings is 1. The predicted molar refractivity (Wildman–Crippen MR) is 69.7 cm³/mol. The van der Waals surface area contributed by atoms with Crippen LogP contribution < -0.4 is 0 Å². The van der Waals surface area contributed by atoms with Crippen LogP contribution in [0.3, 0.4) is 0 Å². The van der Waals surface area contributed by atoms with Gasteiger partial charge in [0.15, 0.2) is 0 Å². The number of hydrogen-bond acceptors (Lipinski definition) is 2. The number of nitrogens with zero attached hydrogens (tertiary/aromatic N) is 1. The third kappa shape index (κ3) is 2.06. The summed E-state index contributed by atoms with van der Waals surface area (Å²) in [6.45, 7) is 3.43. The number of phenolic OH excluding ortho intramolecular Hbond substituents is 1. The van der Waals surface area contributed by atoms with Crippen molar-refractivity contribution in [1.29, 1.82) is 0 Å². The number of carboxylic acid groups (broad SMARTS) is 1. The summed E-state index contributed by atoms with van der Waals surface area (Å²) in [4.78, 5) is 11.2. The van der Waals surface area contributed by atoms with Crippen molar-refractivity contribution < 1.29 is 15.0 Å². The van der Waals surface area contributed by atoms with E-state index in [4.69, 9.17) is 5.11 Å². The molecule has 0 aliphatic carbocycles. The molecule has 1 aromatic heterocycles. The Balaban J connectivity index is 2.47. The highest BCUT2D eigenvalue weighted by Gasteiger charge is 2.28. The van der Waals surface area contributed by atoms with Crippen LogP contribution in [0.5, 0.6) is 5.75 Å². The Kier molecular flexibility index (Phi) is 2.81. The van der Waals surface area contributed by atoms with Crippen LogP contribution in [0.1, 0.15) is 19.5 Å². The number of hydrogen-bond donors (Lipinski definition) is 2. The maximum absolute atomic E-state index is 11.2. The van der Waals surface area contributed by atoms with E-state index in [9.17, 15) is 9.90 Å². The van der Waals surface area contributed by atoms with E-state index >= 15 is 0 Å². The lowest BCUT2D eigenvalue weighted by Gasteiger charge is -2.19. The molecule has 0 aliphatic rings. The number of aliphatic carboxylic acids is 1. The Hall–Kier alpha value is -1.97. The normalized spacial score (nSPS) is 11.9. The smallest absolute Gasteiger partial charge is 0.309 e. The van der Waals surface area contributed by atoms with Crippen molar-refractivity contribution in [1.82, 2.24) is 4.57 Å². The van der Waals surface area contributed by atoms with E-state index in [0.717, 1.165) is 16.6 Å². The van der Waals surface area contributed by atoms with Gasteiger partial charge >= 0.3 is 5.97 Å². The number of aryl methyl sites for hydroxylation is 1. The van der Waals surface area contributed by atoms with Gasteiger partial charge < -0.3 is 14.8 Å². The van der Waals surface area contributed by atoms with E-state index in [1.165, 1.54) is 0 Å². The minimum atomic E-state index is -0.810. The third-order valence-electron chi connectivity index (χ3n) is 3.33. The van der Waals surface area contributed by atoms with Crippen molar-refractivity contribution in [2.45, 2.75) is 20.3 Å². The Bertz CT molecular complexity index is 611. The number of carbonyl (C=O) groups is 1. The fourth-order valence-corrected chi connectivity index (χ4v) is 2.07. The summed E-state index contributed by atoms with van der Waals surface area (Å²) in [5, 5.41) is 19.6. The maximum atomic E-state index is 11.2. The van der Waals surface area contributed by atoms with Gasteiger partial charge in [-0.25, -0.2) is 0 Å². The summed E-state index contributed by atoms with van der Waals surface area (Å²) in [5.41, 5.74) is 1.05. The van der Waals surface area contributed by atoms with Gasteiger partial charge in [-0.2, -0.15) is 0 Å². The number of aromatic nitrogens is 1. The lowest BCUT2D eigenvalue weighted by molar-refractivity contribution is -0.146. The number of fused-ring (bicyclic) bond motifs is 1. The zero-order valence-electron chi connectivity index (χ0n) is 10.8. The Morgan fingerprint density at radius 3 is 2.61 bits per heavy atom. The van der Waals surface area contributed by atoms with Crippen LogP contribution >= 0.6 is 0 Å². The van der Waals surface area contributed by atoms with Crippen LogP contribution in [0.15, 0.2) is 24.3 Å². The zero-order chi connectivity index (χ0) is 13.5. The topological polar surface area (TPSA) is 62.5 Å². The van der Waals surface area contributed by atoms with E-state index < -0.39 is 11.4 Å². The SMILES string of the molecule is Cn1c(CC(C)(C)C(=O)O)cc2ccc(O)cc21. The quantitative estimate of drug-likeness (QED) is 0.876. The second-order valence-corrected chi connectivity index (χ2v) is 5.30. The number of phenols is 1. The summed E-state index contributed by atoms with van der Waals surface area (Å²) in [5.74, 6) is -0.594. The molecule has 18 heavy (non-hydrogen) atoms. The van der Waals surface area contributed by atoms with Gasteiger partial charge in [0, 0.05) is 30.6 Å². The minimum absolute atomic E-state index is 0.216. The molecule has 2 aromatic rings. The van der Waals surface area contributed by atoms with E-state index in [0.29, 0.717) is 6.42 Å². The van der Waals surface area contributed by atoms with Gasteiger partial charge in [-0.1, -0.05) is 0 Å². The second kappa shape index (κ2) is 4.05. The molecule has 0 spiro atoms. The Morgan fingerprint density at radius 2 is 2.00 bits per heavy atom. The zero-order valence-corrected chi connectivity index (χ0v) is 10.8. The van der Waals surface area contributed by atoms with E-state index in [2.05, 4.69) is 0 Å².